The molecule has 4 saturated carbocycles. The van der Waals surface area contributed by atoms with Crippen molar-refractivity contribution in [1.82, 2.24) is 4.90 Å². The van der Waals surface area contributed by atoms with E-state index in [0.717, 1.165) is 57.5 Å². The lowest BCUT2D eigenvalue weighted by molar-refractivity contribution is -0.231. The van der Waals surface area contributed by atoms with E-state index in [9.17, 15) is 9.90 Å². The number of carbonyl (C=O) groups is 1. The van der Waals surface area contributed by atoms with Crippen LogP contribution in [0.4, 0.5) is 0 Å². The van der Waals surface area contributed by atoms with Crippen LogP contribution in [0.3, 0.4) is 0 Å². The van der Waals surface area contributed by atoms with Crippen molar-refractivity contribution in [2.75, 3.05) is 20.2 Å². The van der Waals surface area contributed by atoms with Gasteiger partial charge >= 0.3 is 0 Å². The second kappa shape index (κ2) is 4.82. The van der Waals surface area contributed by atoms with Gasteiger partial charge in [0.15, 0.2) is 5.76 Å². The average molecular weight is 355 g/mol. The molecule has 1 unspecified atom stereocenters. The van der Waals surface area contributed by atoms with Gasteiger partial charge in [-0.3, -0.25) is 9.69 Å². The van der Waals surface area contributed by atoms with Crippen LogP contribution in [0.15, 0.2) is 23.5 Å². The largest absolute Gasteiger partial charge is 0.493 e. The molecule has 1 aliphatic heterocycles. The van der Waals surface area contributed by atoms with Crippen LogP contribution in [-0.2, 0) is 9.53 Å². The van der Waals surface area contributed by atoms with Crippen molar-refractivity contribution >= 4 is 5.78 Å². The minimum atomic E-state index is -0.712. The Kier molecular flexibility index (Phi) is 2.95. The average Bonchev–Trinajstić information content (AvgIpc) is 3.38. The number of carbonyl (C=O) groups excluding carboxylic acids is 1. The molecule has 5 aliphatic carbocycles. The molecule has 2 spiro atoms. The molecule has 140 valence electrons. The van der Waals surface area contributed by atoms with Crippen LogP contribution < -0.4 is 0 Å². The van der Waals surface area contributed by atoms with Gasteiger partial charge in [-0.25, -0.2) is 0 Å². The Bertz CT molecular complexity index is 752. The number of allylic oxidation sites excluding steroid dienone is 3. The summed E-state index contributed by atoms with van der Waals surface area (Å²) in [7, 11) is 1.61. The van der Waals surface area contributed by atoms with Gasteiger partial charge in [0.05, 0.1) is 18.1 Å². The van der Waals surface area contributed by atoms with Crippen molar-refractivity contribution in [1.29, 1.82) is 0 Å². The molecule has 1 N–H and O–H groups in total. The lowest BCUT2D eigenvalue weighted by Gasteiger charge is -2.68. The van der Waals surface area contributed by atoms with Gasteiger partial charge < -0.3 is 9.84 Å². The number of aliphatic hydroxyl groups is 1. The number of hydrogen-bond donors (Lipinski definition) is 1. The predicted octanol–water partition coefficient (Wildman–Crippen LogP) is 2.82. The summed E-state index contributed by atoms with van der Waals surface area (Å²) < 4.78 is 5.47. The summed E-state index contributed by atoms with van der Waals surface area (Å²) in [5.74, 6) is 2.07. The molecule has 6 aliphatic rings. The van der Waals surface area contributed by atoms with Crippen LogP contribution >= 0.6 is 0 Å². The third kappa shape index (κ3) is 1.59. The Hall–Kier alpha value is -1.13. The highest BCUT2D eigenvalue weighted by Crippen LogP contribution is 2.76. The highest BCUT2D eigenvalue weighted by atomic mass is 16.5. The summed E-state index contributed by atoms with van der Waals surface area (Å²) in [4.78, 5) is 16.3. The number of hydrogen-bond acceptors (Lipinski definition) is 4. The molecule has 0 radical (unpaired) electrons. The van der Waals surface area contributed by atoms with Gasteiger partial charge in [0.25, 0.3) is 0 Å². The maximum atomic E-state index is 13.7. The quantitative estimate of drug-likeness (QED) is 0.846. The summed E-state index contributed by atoms with van der Waals surface area (Å²) >= 11 is 0. The molecule has 1 saturated heterocycles. The second-order valence-electron chi connectivity index (χ2n) is 9.89. The standard InChI is InChI=1S/C22H29NO3/c1-26-17-5-4-16-10-18-22(25)7-6-15-11-20(22,21(16,12-15)19(17)24)8-9-23(18)13-14-2-3-14/h4-5,14-15,18,25H,2-3,6-13H2,1H3/t15-,18-,20-,21?,22+/m0/s1. The molecule has 1 heterocycles. The molecular formula is C22H29NO3. The van der Waals surface area contributed by atoms with E-state index in [-0.39, 0.29) is 17.2 Å². The van der Waals surface area contributed by atoms with Gasteiger partial charge in [-0.15, -0.1) is 0 Å². The van der Waals surface area contributed by atoms with Crippen molar-refractivity contribution < 1.29 is 14.6 Å². The zero-order valence-corrected chi connectivity index (χ0v) is 15.7. The minimum absolute atomic E-state index is 0.161. The fraction of sp³-hybridized carbons (Fsp3) is 0.773. The third-order valence-electron chi connectivity index (χ3n) is 9.05. The maximum absolute atomic E-state index is 13.7. The number of methoxy groups -OCH3 is 1. The van der Waals surface area contributed by atoms with Crippen molar-refractivity contribution in [3.05, 3.63) is 23.5 Å². The van der Waals surface area contributed by atoms with Gasteiger partial charge in [-0.1, -0.05) is 11.6 Å². The topological polar surface area (TPSA) is 49.8 Å². The van der Waals surface area contributed by atoms with Gasteiger partial charge in [0, 0.05) is 18.0 Å². The number of piperidine rings is 1. The lowest BCUT2D eigenvalue weighted by atomic mass is 9.42. The minimum Gasteiger partial charge on any atom is -0.493 e. The molecule has 26 heavy (non-hydrogen) atoms. The Morgan fingerprint density at radius 3 is 2.85 bits per heavy atom. The van der Waals surface area contributed by atoms with Crippen LogP contribution in [0.25, 0.3) is 0 Å². The molecule has 5 fully saturated rings. The maximum Gasteiger partial charge on any atom is 0.208 e. The second-order valence-corrected chi connectivity index (χ2v) is 9.89. The summed E-state index contributed by atoms with van der Waals surface area (Å²) in [6.45, 7) is 2.18. The fourth-order valence-electron chi connectivity index (χ4n) is 7.85. The Morgan fingerprint density at radius 1 is 1.23 bits per heavy atom. The SMILES string of the molecule is COC1=CC=C2C[C@@H]3N(CC4CC4)CC[C@@]45C[C@H](CC[C@@]34O)CC25C1=O. The van der Waals surface area contributed by atoms with Crippen LogP contribution in [0, 0.1) is 22.7 Å². The fourth-order valence-corrected chi connectivity index (χ4v) is 7.85. The summed E-state index contributed by atoms with van der Waals surface area (Å²) in [5, 5.41) is 12.2. The van der Waals surface area contributed by atoms with E-state index in [2.05, 4.69) is 11.0 Å². The van der Waals surface area contributed by atoms with Crippen molar-refractivity contribution in [3.63, 3.8) is 0 Å². The van der Waals surface area contributed by atoms with Crippen LogP contribution in [0.5, 0.6) is 0 Å². The third-order valence-corrected chi connectivity index (χ3v) is 9.05. The number of Topliss-reactive ketones (excluding diaryl/α,β-unsaturated/α-hetero) is 1. The number of fused-ring (bicyclic) bond motifs is 1. The van der Waals surface area contributed by atoms with E-state index in [1.54, 1.807) is 7.11 Å². The zero-order chi connectivity index (χ0) is 17.7. The van der Waals surface area contributed by atoms with Crippen LogP contribution in [-0.4, -0.2) is 47.6 Å². The highest BCUT2D eigenvalue weighted by Gasteiger charge is 2.78. The van der Waals surface area contributed by atoms with Gasteiger partial charge in [0.2, 0.25) is 5.78 Å². The molecule has 6 rings (SSSR count). The number of ketones is 1. The van der Waals surface area contributed by atoms with E-state index in [4.69, 9.17) is 4.74 Å². The predicted molar refractivity (Wildman–Crippen MR) is 97.3 cm³/mol. The Balaban J connectivity index is 1.53. The molecule has 0 aromatic rings. The summed E-state index contributed by atoms with van der Waals surface area (Å²) in [5.41, 5.74) is -0.183. The first kappa shape index (κ1) is 15.9. The van der Waals surface area contributed by atoms with Crippen LogP contribution in [0.1, 0.15) is 51.4 Å². The van der Waals surface area contributed by atoms with E-state index in [0.29, 0.717) is 11.7 Å². The molecule has 0 aromatic carbocycles. The van der Waals surface area contributed by atoms with E-state index < -0.39 is 11.0 Å². The molecule has 4 heteroatoms. The van der Waals surface area contributed by atoms with Crippen molar-refractivity contribution in [2.24, 2.45) is 22.7 Å². The zero-order valence-electron chi connectivity index (χ0n) is 15.7. The van der Waals surface area contributed by atoms with Gasteiger partial charge in [-0.05, 0) is 75.8 Å². The molecular weight excluding hydrogens is 326 g/mol. The first-order valence-electron chi connectivity index (χ1n) is 10.5. The number of rotatable bonds is 3. The molecule has 0 amide bonds. The number of nitrogens with zero attached hydrogens (tertiary/aromatic N) is 1. The molecule has 5 atom stereocenters. The smallest absolute Gasteiger partial charge is 0.208 e. The molecule has 0 aromatic heterocycles. The van der Waals surface area contributed by atoms with E-state index in [1.807, 2.05) is 6.08 Å². The van der Waals surface area contributed by atoms with Crippen molar-refractivity contribution in [3.8, 4) is 0 Å². The first-order chi connectivity index (χ1) is 12.5. The first-order valence-corrected chi connectivity index (χ1v) is 10.5. The number of ether oxygens (including phenoxy) is 1. The summed E-state index contributed by atoms with van der Waals surface area (Å²) in [6, 6.07) is 0.195. The van der Waals surface area contributed by atoms with Crippen molar-refractivity contribution in [2.45, 2.75) is 63.0 Å². The molecule has 4 nitrogen and oxygen atoms in total. The highest BCUT2D eigenvalue weighted by molar-refractivity contribution is 6.03. The Morgan fingerprint density at radius 2 is 2.08 bits per heavy atom. The monoisotopic (exact) mass is 355 g/mol. The van der Waals surface area contributed by atoms with Gasteiger partial charge in [0.1, 0.15) is 0 Å². The Labute approximate surface area is 155 Å². The van der Waals surface area contributed by atoms with E-state index in [1.165, 1.54) is 18.4 Å². The lowest BCUT2D eigenvalue weighted by Crippen LogP contribution is -2.75. The van der Waals surface area contributed by atoms with Crippen LogP contribution in [0.2, 0.25) is 0 Å². The normalized spacial score (nSPS) is 49.4. The van der Waals surface area contributed by atoms with E-state index >= 15 is 0 Å². The van der Waals surface area contributed by atoms with Gasteiger partial charge in [-0.2, -0.15) is 0 Å². The summed E-state index contributed by atoms with van der Waals surface area (Å²) in [6.07, 6.45) is 12.5. The molecule has 3 bridgehead atoms. The number of likely N-dealkylation sites (tertiary alicyclic amines) is 1.